The predicted molar refractivity (Wildman–Crippen MR) is 147 cm³/mol. The Balaban J connectivity index is 1.57. The second-order valence-electron chi connectivity index (χ2n) is 8.84. The molecule has 1 aliphatic rings. The molecule has 38 heavy (non-hydrogen) atoms. The summed E-state index contributed by atoms with van der Waals surface area (Å²) in [5.41, 5.74) is 10.2. The molecule has 0 saturated heterocycles. The van der Waals surface area contributed by atoms with Crippen molar-refractivity contribution in [1.82, 2.24) is 19.9 Å². The first-order valence-electron chi connectivity index (χ1n) is 12.0. The molecule has 1 fully saturated rings. The fourth-order valence-electron chi connectivity index (χ4n) is 4.06. The highest BCUT2D eigenvalue weighted by molar-refractivity contribution is 5.95. The largest absolute Gasteiger partial charge is 0.405 e. The zero-order valence-electron chi connectivity index (χ0n) is 20.7. The Morgan fingerprint density at radius 1 is 1.05 bits per heavy atom. The monoisotopic (exact) mass is 512 g/mol. The minimum Gasteiger partial charge on any atom is -0.405 e. The van der Waals surface area contributed by atoms with E-state index in [1.807, 2.05) is 37.5 Å². The van der Waals surface area contributed by atoms with E-state index in [-0.39, 0.29) is 11.5 Å². The molecule has 1 saturated carbocycles. The normalized spacial score (nSPS) is 13.6. The fraction of sp³-hybridized carbons (Fsp3) is 0.143. The summed E-state index contributed by atoms with van der Waals surface area (Å²) in [6.07, 6.45) is 11.3. The number of rotatable bonds is 9. The number of nitrogens with one attached hydrogen (secondary N) is 3. The summed E-state index contributed by atoms with van der Waals surface area (Å²) in [5, 5.41) is 10.2. The van der Waals surface area contributed by atoms with E-state index in [1.165, 1.54) is 6.20 Å². The van der Waals surface area contributed by atoms with Crippen LogP contribution in [-0.4, -0.2) is 27.0 Å². The highest BCUT2D eigenvalue weighted by Crippen LogP contribution is 2.44. The van der Waals surface area contributed by atoms with E-state index >= 15 is 0 Å². The smallest absolute Gasteiger partial charge is 0.168 e. The van der Waals surface area contributed by atoms with Gasteiger partial charge in [0.1, 0.15) is 11.6 Å². The van der Waals surface area contributed by atoms with Crippen molar-refractivity contribution in [2.75, 3.05) is 23.0 Å². The van der Waals surface area contributed by atoms with Crippen molar-refractivity contribution in [2.45, 2.75) is 18.8 Å². The van der Waals surface area contributed by atoms with Gasteiger partial charge in [0.2, 0.25) is 0 Å². The molecule has 4 aromatic rings. The van der Waals surface area contributed by atoms with Gasteiger partial charge in [0.15, 0.2) is 17.5 Å². The topological polar surface area (TPSA) is 114 Å². The van der Waals surface area contributed by atoms with Crippen LogP contribution in [0.1, 0.15) is 30.1 Å². The van der Waals surface area contributed by atoms with Crippen LogP contribution < -0.4 is 21.7 Å². The summed E-state index contributed by atoms with van der Waals surface area (Å²) in [7, 11) is 1.86. The first-order chi connectivity index (χ1) is 18.4. The molecule has 3 heterocycles. The molecule has 0 radical (unpaired) electrons. The van der Waals surface area contributed by atoms with Crippen LogP contribution in [0.4, 0.5) is 31.8 Å². The molecule has 1 aromatic carbocycles. The van der Waals surface area contributed by atoms with E-state index in [2.05, 4.69) is 32.5 Å². The van der Waals surface area contributed by atoms with Crippen LogP contribution in [-0.2, 0) is 0 Å². The average molecular weight is 513 g/mol. The number of benzene rings is 1. The fourth-order valence-corrected chi connectivity index (χ4v) is 4.06. The predicted octanol–water partition coefficient (Wildman–Crippen LogP) is 5.84. The molecule has 192 valence electrons. The summed E-state index contributed by atoms with van der Waals surface area (Å²) >= 11 is 0. The third-order valence-electron chi connectivity index (χ3n) is 6.04. The summed E-state index contributed by atoms with van der Waals surface area (Å²) in [6, 6.07) is 8.60. The Morgan fingerprint density at radius 3 is 2.50 bits per heavy atom. The van der Waals surface area contributed by atoms with Crippen molar-refractivity contribution in [1.29, 1.82) is 0 Å². The van der Waals surface area contributed by atoms with Crippen LogP contribution in [0, 0.1) is 11.6 Å². The Labute approximate surface area is 218 Å². The van der Waals surface area contributed by atoms with Gasteiger partial charge in [0.25, 0.3) is 0 Å². The van der Waals surface area contributed by atoms with E-state index < -0.39 is 11.6 Å². The molecule has 0 atom stereocenters. The van der Waals surface area contributed by atoms with Gasteiger partial charge < -0.3 is 21.7 Å². The minimum absolute atomic E-state index is 0.159. The maximum Gasteiger partial charge on any atom is 0.168 e. The maximum atomic E-state index is 14.1. The van der Waals surface area contributed by atoms with Crippen molar-refractivity contribution < 1.29 is 8.78 Å². The Morgan fingerprint density at radius 2 is 1.82 bits per heavy atom. The zero-order chi connectivity index (χ0) is 26.6. The Bertz CT molecular complexity index is 1560. The number of hydrogen-bond donors (Lipinski definition) is 4. The van der Waals surface area contributed by atoms with Crippen molar-refractivity contribution in [3.8, 4) is 0 Å². The van der Waals surface area contributed by atoms with Crippen molar-refractivity contribution in [2.24, 2.45) is 5.73 Å². The molecule has 5 rings (SSSR count). The van der Waals surface area contributed by atoms with Crippen LogP contribution in [0.5, 0.6) is 0 Å². The molecule has 10 heteroatoms. The lowest BCUT2D eigenvalue weighted by Gasteiger charge is -2.15. The van der Waals surface area contributed by atoms with Gasteiger partial charge in [-0.15, -0.1) is 0 Å². The van der Waals surface area contributed by atoms with Gasteiger partial charge in [0.05, 0.1) is 17.9 Å². The van der Waals surface area contributed by atoms with Gasteiger partial charge in [0, 0.05) is 47.3 Å². The summed E-state index contributed by atoms with van der Waals surface area (Å²) in [4.78, 5) is 17.8. The second-order valence-corrected chi connectivity index (χ2v) is 8.84. The number of anilines is 4. The summed E-state index contributed by atoms with van der Waals surface area (Å²) in [6.45, 7) is 3.92. The van der Waals surface area contributed by atoms with E-state index in [0.29, 0.717) is 28.6 Å². The minimum atomic E-state index is -0.841. The van der Waals surface area contributed by atoms with Crippen LogP contribution in [0.15, 0.2) is 79.6 Å². The Hall–Kier alpha value is -4.86. The Kier molecular flexibility index (Phi) is 6.94. The number of allylic oxidation sites excluding steroid dienone is 3. The van der Waals surface area contributed by atoms with Crippen molar-refractivity contribution in [3.05, 3.63) is 103 Å². The van der Waals surface area contributed by atoms with E-state index in [1.54, 1.807) is 18.3 Å². The summed E-state index contributed by atoms with van der Waals surface area (Å²) in [5.74, 6) is -0.355. The molecule has 0 spiro atoms. The van der Waals surface area contributed by atoms with E-state index in [9.17, 15) is 8.78 Å². The average Bonchev–Trinajstić information content (AvgIpc) is 3.76. The van der Waals surface area contributed by atoms with Gasteiger partial charge in [-0.05, 0) is 66.9 Å². The van der Waals surface area contributed by atoms with E-state index in [0.717, 1.165) is 47.4 Å². The molecular weight excluding hydrogens is 486 g/mol. The number of hydrogen-bond acceptors (Lipinski definition) is 8. The maximum absolute atomic E-state index is 14.1. The third kappa shape index (κ3) is 5.44. The van der Waals surface area contributed by atoms with E-state index in [4.69, 9.17) is 15.7 Å². The highest BCUT2D eigenvalue weighted by Gasteiger charge is 2.28. The van der Waals surface area contributed by atoms with Crippen LogP contribution in [0.25, 0.3) is 16.5 Å². The molecule has 8 nitrogen and oxygen atoms in total. The van der Waals surface area contributed by atoms with Gasteiger partial charge in [-0.2, -0.15) is 0 Å². The number of pyridine rings is 2. The van der Waals surface area contributed by atoms with Gasteiger partial charge >= 0.3 is 0 Å². The SMILES string of the molecule is C=C(/C=C(\C=C/N)c1nc(Nc2ccc(NC)cc2)c2c(C3CC3)cncc2n1)Nc1ncc(F)cc1F. The van der Waals surface area contributed by atoms with Crippen LogP contribution >= 0.6 is 0 Å². The first-order valence-corrected chi connectivity index (χ1v) is 12.0. The number of nitrogens with zero attached hydrogens (tertiary/aromatic N) is 4. The quantitative estimate of drug-likeness (QED) is 0.207. The molecule has 0 aliphatic heterocycles. The summed E-state index contributed by atoms with van der Waals surface area (Å²) < 4.78 is 27.3. The zero-order valence-corrected chi connectivity index (χ0v) is 20.7. The lowest BCUT2D eigenvalue weighted by atomic mass is 10.1. The van der Waals surface area contributed by atoms with Crippen LogP contribution in [0.3, 0.4) is 0 Å². The molecule has 0 unspecified atom stereocenters. The van der Waals surface area contributed by atoms with Gasteiger partial charge in [-0.1, -0.05) is 6.58 Å². The number of fused-ring (bicyclic) bond motifs is 1. The second kappa shape index (κ2) is 10.6. The van der Waals surface area contributed by atoms with Crippen molar-refractivity contribution in [3.63, 3.8) is 0 Å². The first kappa shape index (κ1) is 24.8. The molecule has 3 aromatic heterocycles. The number of halogens is 2. The number of nitrogens with two attached hydrogens (primary N) is 1. The standard InChI is InChI=1S/C28H26F2N8/c1-16(35-27-23(30)12-19(29)13-34-27)11-18(9-10-31)26-37-24-15-33-14-22(17-3-4-17)25(24)28(38-26)36-21-7-5-20(32-2)6-8-21/h5-15,17,32H,1,3-4,31H2,2H3,(H,34,35)(H,36,37,38)/b10-9-,18-11+. The molecule has 5 N–H and O–H groups in total. The lowest BCUT2D eigenvalue weighted by molar-refractivity contribution is 0.576. The third-order valence-corrected chi connectivity index (χ3v) is 6.04. The van der Waals surface area contributed by atoms with Gasteiger partial charge in [-0.3, -0.25) is 4.98 Å². The van der Waals surface area contributed by atoms with Gasteiger partial charge in [-0.25, -0.2) is 23.7 Å². The highest BCUT2D eigenvalue weighted by atomic mass is 19.1. The molecular formula is C28H26F2N8. The molecule has 1 aliphatic carbocycles. The van der Waals surface area contributed by atoms with Crippen molar-refractivity contribution >= 4 is 39.5 Å². The molecule has 0 bridgehead atoms. The molecule has 0 amide bonds. The lowest BCUT2D eigenvalue weighted by Crippen LogP contribution is -2.05. The van der Waals surface area contributed by atoms with Crippen LogP contribution in [0.2, 0.25) is 0 Å². The number of aromatic nitrogens is 4.